The molecule has 0 N–H and O–H groups in total. The van der Waals surface area contributed by atoms with E-state index in [0.29, 0.717) is 12.4 Å². The molecule has 87 valence electrons. The summed E-state index contributed by atoms with van der Waals surface area (Å²) in [5.41, 5.74) is 2.22. The third-order valence-corrected chi connectivity index (χ3v) is 2.50. The molecule has 1 nitrogen and oxygen atoms in total. The molecule has 0 saturated heterocycles. The third kappa shape index (κ3) is 3.59. The largest absolute Gasteiger partial charge is 0.493 e. The van der Waals surface area contributed by atoms with Crippen LogP contribution in [0.3, 0.4) is 0 Å². The molecule has 0 aliphatic carbocycles. The van der Waals surface area contributed by atoms with Gasteiger partial charge in [-0.25, -0.2) is 4.39 Å². The first-order valence-electron chi connectivity index (χ1n) is 5.53. The van der Waals surface area contributed by atoms with Crippen molar-refractivity contribution in [1.82, 2.24) is 0 Å². The molecule has 17 heavy (non-hydrogen) atoms. The zero-order chi connectivity index (χ0) is 12.1. The minimum absolute atomic E-state index is 0.247. The van der Waals surface area contributed by atoms with Crippen LogP contribution in [0.15, 0.2) is 48.5 Å². The highest BCUT2D eigenvalue weighted by Gasteiger charge is 1.96. The van der Waals surface area contributed by atoms with Crippen molar-refractivity contribution < 1.29 is 9.13 Å². The van der Waals surface area contributed by atoms with Crippen molar-refractivity contribution in [2.45, 2.75) is 6.42 Å². The highest BCUT2D eigenvalue weighted by atomic mass is 19.1. The number of hydrogen-bond acceptors (Lipinski definition) is 1. The molecule has 1 radical (unpaired) electrons. The Morgan fingerprint density at radius 1 is 0.941 bits per heavy atom. The van der Waals surface area contributed by atoms with Crippen LogP contribution in [-0.2, 0) is 6.42 Å². The molecule has 0 aliphatic heterocycles. The second-order valence-electron chi connectivity index (χ2n) is 3.87. The second-order valence-corrected chi connectivity index (χ2v) is 3.87. The molecule has 0 spiro atoms. The maximum atomic E-state index is 12.7. The smallest absolute Gasteiger partial charge is 0.123 e. The van der Waals surface area contributed by atoms with Gasteiger partial charge in [-0.3, -0.25) is 0 Å². The van der Waals surface area contributed by atoms with E-state index in [1.165, 1.54) is 17.7 Å². The van der Waals surface area contributed by atoms with Gasteiger partial charge in [0.2, 0.25) is 0 Å². The Kier molecular flexibility index (Phi) is 3.76. The van der Waals surface area contributed by atoms with Gasteiger partial charge in [0.1, 0.15) is 11.6 Å². The van der Waals surface area contributed by atoms with Gasteiger partial charge in [0.15, 0.2) is 0 Å². The summed E-state index contributed by atoms with van der Waals surface area (Å²) in [4.78, 5) is 0. The van der Waals surface area contributed by atoms with Crippen molar-refractivity contribution in [2.24, 2.45) is 0 Å². The normalized spacial score (nSPS) is 10.2. The van der Waals surface area contributed by atoms with Crippen molar-refractivity contribution in [1.29, 1.82) is 0 Å². The summed E-state index contributed by atoms with van der Waals surface area (Å²) in [6.45, 7) is 4.42. The molecule has 2 rings (SSSR count). The number of benzene rings is 2. The SMILES string of the molecule is [CH2]c1ccc(CCOc2ccc(F)cc2)cc1. The van der Waals surface area contributed by atoms with E-state index < -0.39 is 0 Å². The lowest BCUT2D eigenvalue weighted by Gasteiger charge is -2.06. The fourth-order valence-electron chi connectivity index (χ4n) is 1.52. The summed E-state index contributed by atoms with van der Waals surface area (Å²) in [5, 5.41) is 0. The quantitative estimate of drug-likeness (QED) is 0.778. The van der Waals surface area contributed by atoms with E-state index >= 15 is 0 Å². The van der Waals surface area contributed by atoms with Gasteiger partial charge in [-0.1, -0.05) is 24.3 Å². The molecule has 0 fully saturated rings. The average molecular weight is 229 g/mol. The summed E-state index contributed by atoms with van der Waals surface area (Å²) in [5.74, 6) is 0.448. The molecule has 0 atom stereocenters. The highest BCUT2D eigenvalue weighted by Crippen LogP contribution is 2.12. The Morgan fingerprint density at radius 3 is 2.24 bits per heavy atom. The first-order chi connectivity index (χ1) is 8.24. The van der Waals surface area contributed by atoms with E-state index in [1.807, 2.05) is 24.3 Å². The van der Waals surface area contributed by atoms with Gasteiger partial charge in [0, 0.05) is 6.42 Å². The minimum Gasteiger partial charge on any atom is -0.493 e. The average Bonchev–Trinajstić information content (AvgIpc) is 2.34. The van der Waals surface area contributed by atoms with Crippen LogP contribution >= 0.6 is 0 Å². The van der Waals surface area contributed by atoms with Crippen molar-refractivity contribution in [3.8, 4) is 5.75 Å². The molecule has 0 heterocycles. The summed E-state index contributed by atoms with van der Waals surface area (Å²) in [7, 11) is 0. The zero-order valence-electron chi connectivity index (χ0n) is 9.53. The number of hydrogen-bond donors (Lipinski definition) is 0. The molecule has 0 amide bonds. The van der Waals surface area contributed by atoms with Crippen molar-refractivity contribution in [3.63, 3.8) is 0 Å². The van der Waals surface area contributed by atoms with E-state index in [-0.39, 0.29) is 5.82 Å². The van der Waals surface area contributed by atoms with Crippen LogP contribution in [0.4, 0.5) is 4.39 Å². The van der Waals surface area contributed by atoms with Gasteiger partial charge in [0.05, 0.1) is 6.61 Å². The Hall–Kier alpha value is -1.83. The van der Waals surface area contributed by atoms with E-state index in [0.717, 1.165) is 12.0 Å². The lowest BCUT2D eigenvalue weighted by Crippen LogP contribution is -2.01. The van der Waals surface area contributed by atoms with Gasteiger partial charge < -0.3 is 4.74 Å². The number of rotatable bonds is 4. The van der Waals surface area contributed by atoms with Crippen molar-refractivity contribution >= 4 is 0 Å². The third-order valence-electron chi connectivity index (χ3n) is 2.50. The fraction of sp³-hybridized carbons (Fsp3) is 0.133. The molecule has 2 aromatic carbocycles. The monoisotopic (exact) mass is 229 g/mol. The fourth-order valence-corrected chi connectivity index (χ4v) is 1.52. The predicted octanol–water partition coefficient (Wildman–Crippen LogP) is 3.63. The lowest BCUT2D eigenvalue weighted by molar-refractivity contribution is 0.321. The Labute approximate surface area is 101 Å². The maximum Gasteiger partial charge on any atom is 0.123 e. The summed E-state index contributed by atoms with van der Waals surface area (Å²) >= 11 is 0. The van der Waals surface area contributed by atoms with Crippen LogP contribution in [0.2, 0.25) is 0 Å². The first-order valence-corrected chi connectivity index (χ1v) is 5.53. The molecule has 0 aliphatic rings. The molecule has 0 bridgehead atoms. The van der Waals surface area contributed by atoms with Crippen LogP contribution in [0.25, 0.3) is 0 Å². The van der Waals surface area contributed by atoms with Gasteiger partial charge >= 0.3 is 0 Å². The Balaban J connectivity index is 1.83. The molecule has 2 heteroatoms. The molecule has 0 aromatic heterocycles. The second kappa shape index (κ2) is 5.48. The lowest BCUT2D eigenvalue weighted by atomic mass is 10.1. The van der Waals surface area contributed by atoms with Crippen LogP contribution < -0.4 is 4.74 Å². The van der Waals surface area contributed by atoms with Gasteiger partial charge in [-0.2, -0.15) is 0 Å². The van der Waals surface area contributed by atoms with Gasteiger partial charge in [0.25, 0.3) is 0 Å². The molecule has 0 saturated carbocycles. The first kappa shape index (κ1) is 11.6. The van der Waals surface area contributed by atoms with Crippen molar-refractivity contribution in [2.75, 3.05) is 6.61 Å². The summed E-state index contributed by atoms with van der Waals surface area (Å²) in [6, 6.07) is 14.1. The maximum absolute atomic E-state index is 12.7. The molecule has 2 aromatic rings. The van der Waals surface area contributed by atoms with E-state index in [1.54, 1.807) is 12.1 Å². The Bertz CT molecular complexity index is 414. The molecular formula is C15H14FO. The standard InChI is InChI=1S/C15H14FO/c1-12-2-4-13(5-3-12)10-11-17-15-8-6-14(16)7-9-15/h2-9H,1,10-11H2. The van der Waals surface area contributed by atoms with Crippen molar-refractivity contribution in [3.05, 3.63) is 72.4 Å². The Morgan fingerprint density at radius 2 is 1.59 bits per heavy atom. The topological polar surface area (TPSA) is 9.23 Å². The van der Waals surface area contributed by atoms with Crippen LogP contribution in [0.1, 0.15) is 11.1 Å². The van der Waals surface area contributed by atoms with Crippen LogP contribution in [0, 0.1) is 12.7 Å². The summed E-state index contributed by atoms with van der Waals surface area (Å²) < 4.78 is 18.2. The molecule has 0 unspecified atom stereocenters. The van der Waals surface area contributed by atoms with E-state index in [9.17, 15) is 4.39 Å². The zero-order valence-corrected chi connectivity index (χ0v) is 9.53. The predicted molar refractivity (Wildman–Crippen MR) is 66.5 cm³/mol. The number of halogens is 1. The van der Waals surface area contributed by atoms with Crippen LogP contribution in [0.5, 0.6) is 5.75 Å². The highest BCUT2D eigenvalue weighted by molar-refractivity contribution is 5.25. The minimum atomic E-state index is -0.247. The van der Waals surface area contributed by atoms with Crippen LogP contribution in [-0.4, -0.2) is 6.61 Å². The summed E-state index contributed by atoms with van der Waals surface area (Å²) in [6.07, 6.45) is 0.831. The van der Waals surface area contributed by atoms with E-state index in [4.69, 9.17) is 4.74 Å². The van der Waals surface area contributed by atoms with E-state index in [2.05, 4.69) is 6.92 Å². The van der Waals surface area contributed by atoms with Gasteiger partial charge in [-0.05, 0) is 42.3 Å². The number of ether oxygens (including phenoxy) is 1. The molecular weight excluding hydrogens is 215 g/mol. The van der Waals surface area contributed by atoms with Gasteiger partial charge in [-0.15, -0.1) is 0 Å².